The first-order valence-electron chi connectivity index (χ1n) is 6.84. The van der Waals surface area contributed by atoms with Crippen molar-refractivity contribution in [2.45, 2.75) is 51.6 Å². The van der Waals surface area contributed by atoms with Gasteiger partial charge in [0.1, 0.15) is 5.82 Å². The second-order valence-corrected chi connectivity index (χ2v) is 6.41. The molecule has 18 heavy (non-hydrogen) atoms. The first-order chi connectivity index (χ1) is 8.79. The van der Waals surface area contributed by atoms with Crippen LogP contribution >= 0.6 is 23.4 Å². The smallest absolute Gasteiger partial charge is 0.151 e. The summed E-state index contributed by atoms with van der Waals surface area (Å²) in [7, 11) is 0. The fourth-order valence-electron chi connectivity index (χ4n) is 2.17. The molecule has 1 saturated heterocycles. The first kappa shape index (κ1) is 14.2. The van der Waals surface area contributed by atoms with Crippen LogP contribution in [0.3, 0.4) is 0 Å². The van der Waals surface area contributed by atoms with Gasteiger partial charge in [-0.3, -0.25) is 0 Å². The lowest BCUT2D eigenvalue weighted by Crippen LogP contribution is -2.32. The number of thioether (sulfide) groups is 1. The van der Waals surface area contributed by atoms with Crippen LogP contribution in [0.25, 0.3) is 0 Å². The Morgan fingerprint density at radius 3 is 2.94 bits per heavy atom. The molecule has 0 aliphatic carbocycles. The zero-order valence-electron chi connectivity index (χ0n) is 11.0. The lowest BCUT2D eigenvalue weighted by molar-refractivity contribution is 0.479. The van der Waals surface area contributed by atoms with Gasteiger partial charge in [-0.1, -0.05) is 24.9 Å². The van der Waals surface area contributed by atoms with Gasteiger partial charge in [0.25, 0.3) is 0 Å². The molecule has 0 radical (unpaired) electrons. The monoisotopic (exact) mass is 287 g/mol. The number of H-pyrrole nitrogens is 1. The Hall–Kier alpha value is -0.190. The van der Waals surface area contributed by atoms with Crippen LogP contribution < -0.4 is 5.32 Å². The van der Waals surface area contributed by atoms with Crippen molar-refractivity contribution in [3.05, 3.63) is 16.7 Å². The topological polar surface area (TPSA) is 40.7 Å². The average Bonchev–Trinajstić information content (AvgIpc) is 2.76. The van der Waals surface area contributed by atoms with Crippen molar-refractivity contribution in [1.82, 2.24) is 15.3 Å². The molecule has 0 saturated carbocycles. The highest BCUT2D eigenvalue weighted by Crippen LogP contribution is 2.19. The van der Waals surface area contributed by atoms with Crippen LogP contribution in [0.5, 0.6) is 0 Å². The second-order valence-electron chi connectivity index (χ2n) is 4.82. The Morgan fingerprint density at radius 1 is 1.44 bits per heavy atom. The number of nitrogens with one attached hydrogen (secondary N) is 2. The summed E-state index contributed by atoms with van der Waals surface area (Å²) >= 11 is 8.21. The van der Waals surface area contributed by atoms with Gasteiger partial charge >= 0.3 is 0 Å². The third-order valence-corrected chi connectivity index (χ3v) is 4.69. The predicted molar refractivity (Wildman–Crippen MR) is 79.4 cm³/mol. The van der Waals surface area contributed by atoms with Gasteiger partial charge in [0.2, 0.25) is 0 Å². The summed E-state index contributed by atoms with van der Waals surface area (Å²) in [6.07, 6.45) is 5.87. The maximum Gasteiger partial charge on any atom is 0.151 e. The molecular formula is C13H22ClN3S. The molecule has 1 aromatic rings. The van der Waals surface area contributed by atoms with E-state index < -0.39 is 0 Å². The van der Waals surface area contributed by atoms with E-state index in [1.807, 2.05) is 0 Å². The minimum atomic E-state index is 0.638. The van der Waals surface area contributed by atoms with E-state index in [0.717, 1.165) is 30.9 Å². The summed E-state index contributed by atoms with van der Waals surface area (Å²) in [4.78, 5) is 7.72. The summed E-state index contributed by atoms with van der Waals surface area (Å²) < 4.78 is 0. The van der Waals surface area contributed by atoms with Crippen molar-refractivity contribution in [2.24, 2.45) is 0 Å². The molecule has 1 fully saturated rings. The average molecular weight is 288 g/mol. The maximum absolute atomic E-state index is 6.16. The summed E-state index contributed by atoms with van der Waals surface area (Å²) in [6.45, 7) is 3.00. The van der Waals surface area contributed by atoms with Gasteiger partial charge in [0.15, 0.2) is 5.15 Å². The van der Waals surface area contributed by atoms with Crippen molar-refractivity contribution < 1.29 is 0 Å². The molecule has 0 unspecified atom stereocenters. The lowest BCUT2D eigenvalue weighted by Gasteiger charge is -2.22. The fraction of sp³-hybridized carbons (Fsp3) is 0.769. The highest BCUT2D eigenvalue weighted by Gasteiger charge is 2.14. The van der Waals surface area contributed by atoms with Crippen molar-refractivity contribution in [3.8, 4) is 0 Å². The molecule has 3 nitrogen and oxygen atoms in total. The second kappa shape index (κ2) is 7.41. The number of hydrogen-bond donors (Lipinski definition) is 2. The number of nitrogens with zero attached hydrogens (tertiary/aromatic N) is 1. The zero-order chi connectivity index (χ0) is 12.8. The largest absolute Gasteiger partial charge is 0.344 e. The van der Waals surface area contributed by atoms with Crippen LogP contribution in [0.2, 0.25) is 5.15 Å². The molecule has 0 spiro atoms. The highest BCUT2D eigenvalue weighted by atomic mass is 35.5. The normalized spacial score (nSPS) is 17.2. The molecule has 5 heteroatoms. The van der Waals surface area contributed by atoms with Crippen molar-refractivity contribution >= 4 is 23.4 Å². The molecule has 0 amide bonds. The van der Waals surface area contributed by atoms with Crippen molar-refractivity contribution in [3.63, 3.8) is 0 Å². The standard InChI is InChI=1S/C13H22ClN3S/c1-2-3-4-12-16-11(13(14)17-12)9-15-10-5-7-18-8-6-10/h10,15H,2-9H2,1H3,(H,16,17). The van der Waals surface area contributed by atoms with Gasteiger partial charge in [0.05, 0.1) is 5.69 Å². The fourth-order valence-corrected chi connectivity index (χ4v) is 3.49. The van der Waals surface area contributed by atoms with E-state index in [2.05, 4.69) is 34.0 Å². The number of aromatic nitrogens is 2. The van der Waals surface area contributed by atoms with E-state index in [0.29, 0.717) is 11.2 Å². The van der Waals surface area contributed by atoms with Crippen LogP contribution in [-0.2, 0) is 13.0 Å². The van der Waals surface area contributed by atoms with Gasteiger partial charge in [-0.2, -0.15) is 11.8 Å². The molecule has 0 bridgehead atoms. The molecule has 2 rings (SSSR count). The number of unbranched alkanes of at least 4 members (excludes halogenated alkanes) is 1. The van der Waals surface area contributed by atoms with Crippen LogP contribution in [-0.4, -0.2) is 27.5 Å². The number of aryl methyl sites for hydroxylation is 1. The Bertz CT molecular complexity index is 361. The number of aromatic amines is 1. The summed E-state index contributed by atoms with van der Waals surface area (Å²) in [5, 5.41) is 4.22. The predicted octanol–water partition coefficient (Wildman–Crippen LogP) is 3.39. The molecular weight excluding hydrogens is 266 g/mol. The molecule has 1 aromatic heterocycles. The van der Waals surface area contributed by atoms with E-state index in [-0.39, 0.29) is 0 Å². The number of rotatable bonds is 6. The number of hydrogen-bond acceptors (Lipinski definition) is 3. The Labute approximate surface area is 118 Å². The molecule has 0 aromatic carbocycles. The first-order valence-corrected chi connectivity index (χ1v) is 8.37. The summed E-state index contributed by atoms with van der Waals surface area (Å²) in [5.74, 6) is 3.57. The molecule has 2 heterocycles. The third-order valence-electron chi connectivity index (χ3n) is 3.33. The zero-order valence-corrected chi connectivity index (χ0v) is 12.5. The lowest BCUT2D eigenvalue weighted by atomic mass is 10.1. The van der Waals surface area contributed by atoms with Crippen molar-refractivity contribution in [2.75, 3.05) is 11.5 Å². The van der Waals surface area contributed by atoms with Crippen molar-refractivity contribution in [1.29, 1.82) is 0 Å². The molecule has 1 aliphatic rings. The van der Waals surface area contributed by atoms with Crippen LogP contribution in [0, 0.1) is 0 Å². The van der Waals surface area contributed by atoms with E-state index in [1.165, 1.54) is 30.8 Å². The Kier molecular flexibility index (Phi) is 5.86. The summed E-state index contributed by atoms with van der Waals surface area (Å²) in [6, 6.07) is 0.643. The van der Waals surface area contributed by atoms with E-state index in [9.17, 15) is 0 Å². The van der Waals surface area contributed by atoms with E-state index >= 15 is 0 Å². The minimum absolute atomic E-state index is 0.638. The molecule has 1 aliphatic heterocycles. The van der Waals surface area contributed by atoms with Crippen LogP contribution in [0.4, 0.5) is 0 Å². The van der Waals surface area contributed by atoms with Gasteiger partial charge in [0, 0.05) is 19.0 Å². The third kappa shape index (κ3) is 4.18. The molecule has 102 valence electrons. The Balaban J connectivity index is 1.82. The van der Waals surface area contributed by atoms with Gasteiger partial charge in [-0.25, -0.2) is 4.98 Å². The van der Waals surface area contributed by atoms with E-state index in [1.54, 1.807) is 0 Å². The SMILES string of the molecule is CCCCc1nc(Cl)c(CNC2CCSCC2)[nH]1. The quantitative estimate of drug-likeness (QED) is 0.843. The minimum Gasteiger partial charge on any atom is -0.344 e. The number of imidazole rings is 1. The molecule has 0 atom stereocenters. The van der Waals surface area contributed by atoms with Gasteiger partial charge < -0.3 is 10.3 Å². The Morgan fingerprint density at radius 2 is 2.22 bits per heavy atom. The van der Waals surface area contributed by atoms with E-state index in [4.69, 9.17) is 11.6 Å². The maximum atomic E-state index is 6.16. The number of halogens is 1. The molecule has 2 N–H and O–H groups in total. The van der Waals surface area contributed by atoms with Crippen LogP contribution in [0.1, 0.15) is 44.1 Å². The van der Waals surface area contributed by atoms with Gasteiger partial charge in [-0.15, -0.1) is 0 Å². The highest BCUT2D eigenvalue weighted by molar-refractivity contribution is 7.99. The van der Waals surface area contributed by atoms with Gasteiger partial charge in [-0.05, 0) is 30.8 Å². The summed E-state index contributed by atoms with van der Waals surface area (Å²) in [5.41, 5.74) is 1.04. The van der Waals surface area contributed by atoms with Crippen LogP contribution in [0.15, 0.2) is 0 Å².